The summed E-state index contributed by atoms with van der Waals surface area (Å²) in [6, 6.07) is 19.5. The largest absolute Gasteiger partial charge is 0.310 e. The van der Waals surface area contributed by atoms with Crippen LogP contribution >= 0.6 is 11.8 Å². The topological polar surface area (TPSA) is 49.0 Å². The summed E-state index contributed by atoms with van der Waals surface area (Å²) >= 11 is 1.82. The van der Waals surface area contributed by atoms with Gasteiger partial charge in [0.2, 0.25) is 0 Å². The summed E-state index contributed by atoms with van der Waals surface area (Å²) in [6.45, 7) is 3.10. The number of benzene rings is 2. The highest BCUT2D eigenvalue weighted by atomic mass is 32.2. The highest BCUT2D eigenvalue weighted by Gasteiger charge is 2.16. The van der Waals surface area contributed by atoms with Crippen molar-refractivity contribution in [3.63, 3.8) is 0 Å². The predicted octanol–water partition coefficient (Wildman–Crippen LogP) is 4.95. The molecule has 3 heterocycles. The number of fused-ring (bicyclic) bond motifs is 1. The number of rotatable bonds is 6. The lowest BCUT2D eigenvalue weighted by Gasteiger charge is -2.26. The minimum absolute atomic E-state index is 0.0704. The van der Waals surface area contributed by atoms with E-state index in [1.165, 1.54) is 22.3 Å². The second-order valence-corrected chi connectivity index (χ2v) is 9.67. The molecular formula is C27H29N3OS. The first-order valence-corrected chi connectivity index (χ1v) is 12.7. The summed E-state index contributed by atoms with van der Waals surface area (Å²) in [4.78, 5) is 22.5. The second-order valence-electron chi connectivity index (χ2n) is 8.57. The normalized spacial score (nSPS) is 16.4. The molecule has 4 nitrogen and oxygen atoms in total. The van der Waals surface area contributed by atoms with Gasteiger partial charge in [-0.2, -0.15) is 11.8 Å². The zero-order valence-corrected chi connectivity index (χ0v) is 19.2. The molecule has 0 unspecified atom stereocenters. The van der Waals surface area contributed by atoms with Crippen LogP contribution in [0.4, 0.5) is 0 Å². The first-order valence-electron chi connectivity index (χ1n) is 11.5. The van der Waals surface area contributed by atoms with E-state index < -0.39 is 0 Å². The molecule has 0 spiro atoms. The van der Waals surface area contributed by atoms with Crippen molar-refractivity contribution in [1.29, 1.82) is 0 Å². The van der Waals surface area contributed by atoms with Gasteiger partial charge in [-0.25, -0.2) is 4.98 Å². The molecule has 1 aromatic heterocycles. The highest BCUT2D eigenvalue weighted by molar-refractivity contribution is 7.98. The number of nitrogens with zero attached hydrogens (tertiary/aromatic N) is 2. The third kappa shape index (κ3) is 4.89. The first kappa shape index (κ1) is 21.2. The fourth-order valence-electron chi connectivity index (χ4n) is 4.57. The molecule has 2 aromatic carbocycles. The van der Waals surface area contributed by atoms with Crippen molar-refractivity contribution in [2.45, 2.75) is 31.4 Å². The summed E-state index contributed by atoms with van der Waals surface area (Å²) in [5, 5.41) is 0. The predicted molar refractivity (Wildman–Crippen MR) is 134 cm³/mol. The van der Waals surface area contributed by atoms with Crippen LogP contribution in [0.15, 0.2) is 65.5 Å². The van der Waals surface area contributed by atoms with Gasteiger partial charge in [0.05, 0.1) is 5.69 Å². The molecule has 2 aliphatic heterocycles. The van der Waals surface area contributed by atoms with Gasteiger partial charge < -0.3 is 4.98 Å². The molecule has 0 bridgehead atoms. The molecule has 3 aromatic rings. The van der Waals surface area contributed by atoms with Gasteiger partial charge in [0.15, 0.2) is 0 Å². The van der Waals surface area contributed by atoms with Crippen LogP contribution in [-0.4, -0.2) is 40.3 Å². The summed E-state index contributed by atoms with van der Waals surface area (Å²) in [7, 11) is 0. The van der Waals surface area contributed by atoms with E-state index >= 15 is 0 Å². The van der Waals surface area contributed by atoms with Crippen molar-refractivity contribution in [1.82, 2.24) is 14.9 Å². The zero-order valence-electron chi connectivity index (χ0n) is 18.3. The Morgan fingerprint density at radius 3 is 2.53 bits per heavy atom. The van der Waals surface area contributed by atoms with Crippen LogP contribution in [0.3, 0.4) is 0 Å². The van der Waals surface area contributed by atoms with Crippen molar-refractivity contribution >= 4 is 17.3 Å². The van der Waals surface area contributed by atoms with Gasteiger partial charge in [-0.1, -0.05) is 60.7 Å². The van der Waals surface area contributed by atoms with Crippen LogP contribution in [0.2, 0.25) is 0 Å². The smallest absolute Gasteiger partial charge is 0.255 e. The quantitative estimate of drug-likeness (QED) is 0.586. The minimum Gasteiger partial charge on any atom is -0.310 e. The molecule has 0 fully saturated rings. The van der Waals surface area contributed by atoms with Crippen LogP contribution in [0.5, 0.6) is 0 Å². The summed E-state index contributed by atoms with van der Waals surface area (Å²) in [5.41, 5.74) is 7.28. The van der Waals surface area contributed by atoms with E-state index in [0.717, 1.165) is 73.9 Å². The second kappa shape index (κ2) is 9.88. The van der Waals surface area contributed by atoms with E-state index in [9.17, 15) is 4.79 Å². The molecule has 0 amide bonds. The number of nitrogens with one attached hydrogen (secondary N) is 1. The minimum atomic E-state index is 0.0704. The fourth-order valence-corrected chi connectivity index (χ4v) is 5.55. The van der Waals surface area contributed by atoms with E-state index in [2.05, 4.69) is 70.6 Å². The maximum absolute atomic E-state index is 12.3. The number of H-pyrrole nitrogens is 1. The van der Waals surface area contributed by atoms with Gasteiger partial charge >= 0.3 is 0 Å². The Morgan fingerprint density at radius 1 is 0.969 bits per heavy atom. The van der Waals surface area contributed by atoms with Crippen LogP contribution in [0, 0.1) is 0 Å². The Bertz CT molecular complexity index is 1150. The average Bonchev–Trinajstić information content (AvgIpc) is 2.85. The third-order valence-electron chi connectivity index (χ3n) is 6.42. The van der Waals surface area contributed by atoms with Crippen LogP contribution in [-0.2, 0) is 18.6 Å². The van der Waals surface area contributed by atoms with Crippen LogP contribution in [0.1, 0.15) is 35.5 Å². The Hall–Kier alpha value is -2.63. The van der Waals surface area contributed by atoms with Crippen LogP contribution in [0.25, 0.3) is 16.7 Å². The van der Waals surface area contributed by atoms with Gasteiger partial charge in [-0.05, 0) is 53.8 Å². The fraction of sp³-hybridized carbons (Fsp3) is 0.333. The molecule has 5 rings (SSSR count). The molecule has 0 atom stereocenters. The van der Waals surface area contributed by atoms with Crippen LogP contribution < -0.4 is 5.56 Å². The molecule has 32 heavy (non-hydrogen) atoms. The standard InChI is InChI=1S/C27H29N3OS/c31-27-24-19-32-18-14-25(24)28-26(29-27)7-4-15-30-16-12-23(13-17-30)22-10-8-21(9-11-22)20-5-2-1-3-6-20/h1-3,5-6,8-12H,4,7,13-19H2,(H,28,29,31). The van der Waals surface area contributed by atoms with Crippen molar-refractivity contribution in [2.75, 3.05) is 25.4 Å². The van der Waals surface area contributed by atoms with E-state index in [0.29, 0.717) is 0 Å². The molecule has 2 aliphatic rings. The Morgan fingerprint density at radius 2 is 1.75 bits per heavy atom. The van der Waals surface area contributed by atoms with Gasteiger partial charge in [-0.3, -0.25) is 9.69 Å². The summed E-state index contributed by atoms with van der Waals surface area (Å²) in [6.07, 6.45) is 6.23. The molecule has 0 radical (unpaired) electrons. The Labute approximate surface area is 193 Å². The number of aromatic amines is 1. The van der Waals surface area contributed by atoms with Crippen molar-refractivity contribution in [3.05, 3.63) is 93.7 Å². The SMILES string of the molecule is O=c1[nH]c(CCCN2CC=C(c3ccc(-c4ccccc4)cc3)CC2)nc2c1CSCC2. The molecule has 0 saturated heterocycles. The van der Waals surface area contributed by atoms with Crippen molar-refractivity contribution < 1.29 is 0 Å². The Balaban J connectivity index is 1.14. The summed E-state index contributed by atoms with van der Waals surface area (Å²) in [5.74, 6) is 2.72. The Kier molecular flexibility index (Phi) is 6.56. The van der Waals surface area contributed by atoms with Gasteiger partial charge in [0, 0.05) is 30.8 Å². The third-order valence-corrected chi connectivity index (χ3v) is 7.41. The lowest BCUT2D eigenvalue weighted by molar-refractivity contribution is 0.297. The monoisotopic (exact) mass is 443 g/mol. The van der Waals surface area contributed by atoms with Crippen molar-refractivity contribution in [3.8, 4) is 11.1 Å². The number of aromatic nitrogens is 2. The van der Waals surface area contributed by atoms with E-state index in [4.69, 9.17) is 4.98 Å². The lowest BCUT2D eigenvalue weighted by atomic mass is 9.96. The maximum Gasteiger partial charge on any atom is 0.255 e. The van der Waals surface area contributed by atoms with Crippen molar-refractivity contribution in [2.24, 2.45) is 0 Å². The number of aryl methyl sites for hydroxylation is 2. The molecule has 0 aliphatic carbocycles. The van der Waals surface area contributed by atoms with E-state index in [1.54, 1.807) is 0 Å². The number of thioether (sulfide) groups is 1. The number of hydrogen-bond acceptors (Lipinski definition) is 4. The zero-order chi connectivity index (χ0) is 21.8. The lowest BCUT2D eigenvalue weighted by Crippen LogP contribution is -2.30. The molecular weight excluding hydrogens is 414 g/mol. The highest BCUT2D eigenvalue weighted by Crippen LogP contribution is 2.26. The maximum atomic E-state index is 12.3. The summed E-state index contributed by atoms with van der Waals surface area (Å²) < 4.78 is 0. The van der Waals surface area contributed by atoms with Gasteiger partial charge in [0.1, 0.15) is 5.82 Å². The first-order chi connectivity index (χ1) is 15.8. The van der Waals surface area contributed by atoms with Gasteiger partial charge in [0.25, 0.3) is 5.56 Å². The molecule has 5 heteroatoms. The van der Waals surface area contributed by atoms with E-state index in [1.807, 2.05) is 11.8 Å². The number of hydrogen-bond donors (Lipinski definition) is 1. The molecule has 164 valence electrons. The molecule has 0 saturated carbocycles. The molecule has 1 N–H and O–H groups in total. The van der Waals surface area contributed by atoms with E-state index in [-0.39, 0.29) is 5.56 Å². The van der Waals surface area contributed by atoms with Gasteiger partial charge in [-0.15, -0.1) is 0 Å². The average molecular weight is 444 g/mol.